The summed E-state index contributed by atoms with van der Waals surface area (Å²) in [5, 5.41) is 2.92. The van der Waals surface area contributed by atoms with E-state index in [1.54, 1.807) is 16.8 Å². The number of hydrogen-bond acceptors (Lipinski definition) is 4. The second-order valence-electron chi connectivity index (χ2n) is 6.03. The number of carbonyl (C=O) groups excluding carboxylic acids is 1. The lowest BCUT2D eigenvalue weighted by molar-refractivity contribution is -0.679. The number of nitrogen functional groups attached to an aromatic ring is 1. The molecule has 0 bridgehead atoms. The lowest BCUT2D eigenvalue weighted by atomic mass is 10.1. The van der Waals surface area contributed by atoms with Gasteiger partial charge in [0, 0.05) is 18.8 Å². The summed E-state index contributed by atoms with van der Waals surface area (Å²) in [5.74, 6) is -0.0424. The van der Waals surface area contributed by atoms with E-state index in [0.29, 0.717) is 22.5 Å². The van der Waals surface area contributed by atoms with Gasteiger partial charge in [-0.25, -0.2) is 4.57 Å². The van der Waals surface area contributed by atoms with E-state index in [2.05, 4.69) is 10.3 Å². The Labute approximate surface area is 138 Å². The molecule has 3 rings (SSSR count). The van der Waals surface area contributed by atoms with Crippen LogP contribution >= 0.6 is 0 Å². The number of fused-ring (bicyclic) bond motifs is 2. The third-order valence-electron chi connectivity index (χ3n) is 4.10. The van der Waals surface area contributed by atoms with Crippen molar-refractivity contribution in [2.45, 2.75) is 26.8 Å². The molecule has 0 saturated heterocycles. The van der Waals surface area contributed by atoms with Crippen molar-refractivity contribution in [2.75, 3.05) is 12.8 Å². The van der Waals surface area contributed by atoms with Crippen LogP contribution in [0.2, 0.25) is 0 Å². The average molecular weight is 326 g/mol. The lowest BCUT2D eigenvalue weighted by Crippen LogP contribution is -2.44. The predicted molar refractivity (Wildman–Crippen MR) is 92.1 cm³/mol. The highest BCUT2D eigenvalue weighted by Gasteiger charge is 2.25. The fourth-order valence-electron chi connectivity index (χ4n) is 2.91. The minimum Gasteiger partial charge on any atom is -0.355 e. The number of rotatable bonds is 2. The number of nitrogens with two attached hydrogens (primary N) is 1. The first-order valence-electron chi connectivity index (χ1n) is 7.74. The van der Waals surface area contributed by atoms with Crippen molar-refractivity contribution in [1.29, 1.82) is 0 Å². The molecule has 0 unspecified atom stereocenters. The number of anilines is 1. The predicted octanol–water partition coefficient (Wildman–Crippen LogP) is 0.966. The number of carbonyl (C=O) groups is 1. The van der Waals surface area contributed by atoms with Gasteiger partial charge in [-0.05, 0) is 32.9 Å². The number of hydrogen-bond donors (Lipinski definition) is 2. The highest BCUT2D eigenvalue weighted by atomic mass is 16.1. The van der Waals surface area contributed by atoms with Gasteiger partial charge in [0.15, 0.2) is 0 Å². The number of aryl methyl sites for hydroxylation is 1. The fraction of sp³-hybridized carbons (Fsp3) is 0.294. The minimum absolute atomic E-state index is 0.0597. The first-order valence-corrected chi connectivity index (χ1v) is 7.74. The largest absolute Gasteiger partial charge is 0.355 e. The van der Waals surface area contributed by atoms with Crippen molar-refractivity contribution in [2.24, 2.45) is 0 Å². The third kappa shape index (κ3) is 2.20. The molecular weight excluding hydrogens is 306 g/mol. The summed E-state index contributed by atoms with van der Waals surface area (Å²) in [7, 11) is 1.53. The fourth-order valence-corrected chi connectivity index (χ4v) is 2.91. The number of pyridine rings is 2. The second-order valence-corrected chi connectivity index (χ2v) is 6.03. The molecule has 24 heavy (non-hydrogen) atoms. The van der Waals surface area contributed by atoms with E-state index in [4.69, 9.17) is 5.73 Å². The van der Waals surface area contributed by atoms with Crippen LogP contribution in [0, 0.1) is 6.92 Å². The average Bonchev–Trinajstić information content (AvgIpc) is 2.54. The molecular formula is C17H20N5O2+. The minimum atomic E-state index is -0.336. The number of amides is 1. The van der Waals surface area contributed by atoms with Crippen LogP contribution in [-0.2, 0) is 0 Å². The van der Waals surface area contributed by atoms with Crippen molar-refractivity contribution in [3.05, 3.63) is 45.9 Å². The first-order chi connectivity index (χ1) is 11.4. The maximum atomic E-state index is 12.9. The van der Waals surface area contributed by atoms with Crippen LogP contribution in [0.25, 0.3) is 16.7 Å². The summed E-state index contributed by atoms with van der Waals surface area (Å²) >= 11 is 0. The molecule has 0 radical (unpaired) electrons. The number of nitrogens with zero attached hydrogens (tertiary/aromatic N) is 3. The lowest BCUT2D eigenvalue weighted by Gasteiger charge is -2.14. The third-order valence-corrected chi connectivity index (χ3v) is 4.10. The van der Waals surface area contributed by atoms with Crippen molar-refractivity contribution in [3.8, 4) is 0 Å². The van der Waals surface area contributed by atoms with Gasteiger partial charge < -0.3 is 11.1 Å². The van der Waals surface area contributed by atoms with Gasteiger partial charge in [0.1, 0.15) is 10.9 Å². The maximum Gasteiger partial charge on any atom is 0.278 e. The molecule has 0 aromatic carbocycles. The zero-order valence-electron chi connectivity index (χ0n) is 14.1. The van der Waals surface area contributed by atoms with Crippen LogP contribution in [0.3, 0.4) is 0 Å². The molecule has 3 heterocycles. The Balaban J connectivity index is 2.59. The summed E-state index contributed by atoms with van der Waals surface area (Å²) in [6, 6.07) is 5.16. The van der Waals surface area contributed by atoms with Crippen LogP contribution in [0.4, 0.5) is 5.82 Å². The molecule has 3 N–H and O–H groups in total. The van der Waals surface area contributed by atoms with Crippen LogP contribution < -0.4 is 21.2 Å². The zero-order valence-corrected chi connectivity index (χ0v) is 14.1. The molecule has 0 fully saturated rings. The Kier molecular flexibility index (Phi) is 3.71. The monoisotopic (exact) mass is 326 g/mol. The summed E-state index contributed by atoms with van der Waals surface area (Å²) in [4.78, 5) is 29.7. The molecule has 3 aromatic heterocycles. The first kappa shape index (κ1) is 15.9. The van der Waals surface area contributed by atoms with Gasteiger partial charge in [0.2, 0.25) is 11.5 Å². The molecule has 0 atom stereocenters. The quantitative estimate of drug-likeness (QED) is 0.542. The van der Waals surface area contributed by atoms with Gasteiger partial charge >= 0.3 is 0 Å². The summed E-state index contributed by atoms with van der Waals surface area (Å²) in [5.41, 5.74) is 8.21. The van der Waals surface area contributed by atoms with E-state index in [1.165, 1.54) is 17.5 Å². The van der Waals surface area contributed by atoms with Gasteiger partial charge in [-0.3, -0.25) is 14.0 Å². The standard InChI is InChI=1S/C17H19N5O2/c1-9(2)22-13(18)11(16(23)19-4)8-12-15(22)20-14-10(3)6-5-7-21(14)17(12)24/h5-9,18H,1-4H3,(H,19,23)/p+1. The molecule has 7 heteroatoms. The molecule has 0 aliphatic heterocycles. The maximum absolute atomic E-state index is 12.9. The van der Waals surface area contributed by atoms with Gasteiger partial charge in [-0.2, -0.15) is 0 Å². The molecule has 3 aromatic rings. The van der Waals surface area contributed by atoms with E-state index in [9.17, 15) is 9.59 Å². The highest BCUT2D eigenvalue weighted by molar-refractivity contribution is 6.00. The topological polar surface area (TPSA) is 93.4 Å². The SMILES string of the molecule is CNC(=O)c1cc2c(=O)n3cccc(C)c3nc2[n+](C(C)C)c1N. The molecule has 1 amide bonds. The number of nitrogens with one attached hydrogen (secondary N) is 1. The van der Waals surface area contributed by atoms with E-state index in [-0.39, 0.29) is 23.1 Å². The number of aromatic nitrogens is 3. The Morgan fingerprint density at radius 2 is 2.12 bits per heavy atom. The van der Waals surface area contributed by atoms with Gasteiger partial charge in [0.25, 0.3) is 17.1 Å². The van der Waals surface area contributed by atoms with E-state index >= 15 is 0 Å². The summed E-state index contributed by atoms with van der Waals surface area (Å²) in [6.45, 7) is 5.77. The van der Waals surface area contributed by atoms with Crippen LogP contribution in [0.15, 0.2) is 29.2 Å². The molecule has 0 aliphatic rings. The second kappa shape index (κ2) is 5.59. The van der Waals surface area contributed by atoms with Gasteiger partial charge in [-0.15, -0.1) is 0 Å². The Morgan fingerprint density at radius 1 is 1.42 bits per heavy atom. The summed E-state index contributed by atoms with van der Waals surface area (Å²) < 4.78 is 3.22. The normalized spacial score (nSPS) is 11.4. The molecule has 0 aliphatic carbocycles. The van der Waals surface area contributed by atoms with Crippen molar-refractivity contribution >= 4 is 28.4 Å². The molecule has 124 valence electrons. The zero-order chi connectivity index (χ0) is 17.6. The van der Waals surface area contributed by atoms with Crippen LogP contribution in [0.1, 0.15) is 35.8 Å². The smallest absolute Gasteiger partial charge is 0.278 e. The molecule has 0 saturated carbocycles. The van der Waals surface area contributed by atoms with Crippen LogP contribution in [0.5, 0.6) is 0 Å². The molecule has 7 nitrogen and oxygen atoms in total. The van der Waals surface area contributed by atoms with Crippen molar-refractivity contribution in [3.63, 3.8) is 0 Å². The van der Waals surface area contributed by atoms with Crippen molar-refractivity contribution < 1.29 is 9.36 Å². The Hall–Kier alpha value is -2.96. The molecule has 0 spiro atoms. The van der Waals surface area contributed by atoms with Gasteiger partial charge in [0.05, 0.1) is 6.04 Å². The van der Waals surface area contributed by atoms with Crippen LogP contribution in [-0.4, -0.2) is 22.3 Å². The van der Waals surface area contributed by atoms with E-state index < -0.39 is 0 Å². The van der Waals surface area contributed by atoms with E-state index in [0.717, 1.165) is 5.56 Å². The van der Waals surface area contributed by atoms with E-state index in [1.807, 2.05) is 26.8 Å². The highest BCUT2D eigenvalue weighted by Crippen LogP contribution is 2.17. The van der Waals surface area contributed by atoms with Gasteiger partial charge in [-0.1, -0.05) is 11.1 Å². The Bertz CT molecular complexity index is 1040. The van der Waals surface area contributed by atoms with Crippen molar-refractivity contribution in [1.82, 2.24) is 14.7 Å². The summed E-state index contributed by atoms with van der Waals surface area (Å²) in [6.07, 6.45) is 1.67. The Morgan fingerprint density at radius 3 is 2.75 bits per heavy atom.